The maximum Gasteiger partial charge on any atom is 0.263 e. The number of imidazole rings is 1. The summed E-state index contributed by atoms with van der Waals surface area (Å²) >= 11 is 0. The van der Waals surface area contributed by atoms with Crippen molar-refractivity contribution >= 4 is 28.5 Å². The fourth-order valence-electron chi connectivity index (χ4n) is 3.61. The lowest BCUT2D eigenvalue weighted by Gasteiger charge is -2.05. The Labute approximate surface area is 172 Å². The average Bonchev–Trinajstić information content (AvgIpc) is 3.44. The van der Waals surface area contributed by atoms with E-state index in [0.29, 0.717) is 17.2 Å². The summed E-state index contributed by atoms with van der Waals surface area (Å²) in [6.07, 6.45) is 5.19. The van der Waals surface area contributed by atoms with Crippen LogP contribution in [0.1, 0.15) is 23.0 Å². The van der Waals surface area contributed by atoms with Crippen LogP contribution in [0.4, 0.5) is 5.95 Å². The molecule has 9 heteroatoms. The van der Waals surface area contributed by atoms with Gasteiger partial charge in [0.1, 0.15) is 5.56 Å². The van der Waals surface area contributed by atoms with Crippen molar-refractivity contribution in [2.24, 2.45) is 7.05 Å². The molecule has 0 unspecified atom stereocenters. The van der Waals surface area contributed by atoms with E-state index in [1.807, 2.05) is 66.7 Å². The van der Waals surface area contributed by atoms with Gasteiger partial charge in [-0.05, 0) is 32.0 Å². The summed E-state index contributed by atoms with van der Waals surface area (Å²) in [5.41, 5.74) is 5.30. The topological polar surface area (TPSA) is 94.9 Å². The number of rotatable bonds is 4. The van der Waals surface area contributed by atoms with Crippen LogP contribution >= 0.6 is 0 Å². The van der Waals surface area contributed by atoms with Crippen molar-refractivity contribution in [1.82, 2.24) is 33.9 Å². The second-order valence-electron chi connectivity index (χ2n) is 7.04. The van der Waals surface area contributed by atoms with Crippen molar-refractivity contribution in [2.75, 3.05) is 5.32 Å². The quantitative estimate of drug-likeness (QED) is 0.500. The number of amides is 1. The molecule has 150 valence electrons. The van der Waals surface area contributed by atoms with E-state index in [4.69, 9.17) is 0 Å². The van der Waals surface area contributed by atoms with Crippen molar-refractivity contribution < 1.29 is 4.79 Å². The molecule has 0 spiro atoms. The highest BCUT2D eigenvalue weighted by molar-refractivity contribution is 6.08. The van der Waals surface area contributed by atoms with Crippen LogP contribution in [0.5, 0.6) is 0 Å². The minimum absolute atomic E-state index is 0.311. The number of hydrogen-bond donors (Lipinski definition) is 1. The molecule has 4 aromatic heterocycles. The van der Waals surface area contributed by atoms with Crippen LogP contribution < -0.4 is 5.32 Å². The zero-order chi connectivity index (χ0) is 20.8. The molecule has 0 atom stereocenters. The Morgan fingerprint density at radius 3 is 2.80 bits per heavy atom. The largest absolute Gasteiger partial charge is 0.313 e. The zero-order valence-corrected chi connectivity index (χ0v) is 16.9. The van der Waals surface area contributed by atoms with Crippen LogP contribution in [-0.4, -0.2) is 39.8 Å². The fourth-order valence-corrected chi connectivity index (χ4v) is 3.61. The molecule has 1 N–H and O–H groups in total. The molecule has 0 aliphatic rings. The monoisotopic (exact) mass is 400 g/mol. The van der Waals surface area contributed by atoms with Crippen molar-refractivity contribution in [2.45, 2.75) is 20.4 Å². The van der Waals surface area contributed by atoms with Gasteiger partial charge in [-0.2, -0.15) is 10.2 Å². The first kappa shape index (κ1) is 18.0. The van der Waals surface area contributed by atoms with Crippen LogP contribution in [0.25, 0.3) is 27.9 Å². The second-order valence-corrected chi connectivity index (χ2v) is 7.04. The minimum Gasteiger partial charge on any atom is -0.313 e. The van der Waals surface area contributed by atoms with Crippen LogP contribution in [0.2, 0.25) is 0 Å². The number of aromatic nitrogens is 7. The standard InChI is InChI=1S/C21H20N8O/c1-4-28-12-15(13(2)26-28)17-9-10-22-19-14(11-23-29(17)19)20(30)25-21-24-16-7-5-6-8-18(16)27(21)3/h5-12H,4H2,1-3H3,(H,24,25,30). The Bertz CT molecular complexity index is 1410. The summed E-state index contributed by atoms with van der Waals surface area (Å²) in [5.74, 6) is 0.158. The van der Waals surface area contributed by atoms with Gasteiger partial charge in [-0.1, -0.05) is 12.1 Å². The summed E-state index contributed by atoms with van der Waals surface area (Å²) in [7, 11) is 1.87. The summed E-state index contributed by atoms with van der Waals surface area (Å²) in [4.78, 5) is 21.9. The summed E-state index contributed by atoms with van der Waals surface area (Å²) < 4.78 is 5.40. The minimum atomic E-state index is -0.311. The molecule has 1 aromatic carbocycles. The highest BCUT2D eigenvalue weighted by atomic mass is 16.1. The van der Waals surface area contributed by atoms with Gasteiger partial charge in [0, 0.05) is 31.5 Å². The average molecular weight is 400 g/mol. The highest BCUT2D eigenvalue weighted by Gasteiger charge is 2.19. The van der Waals surface area contributed by atoms with Crippen molar-refractivity contribution in [1.29, 1.82) is 0 Å². The Morgan fingerprint density at radius 1 is 1.20 bits per heavy atom. The molecule has 0 fully saturated rings. The maximum absolute atomic E-state index is 13.0. The molecule has 5 rings (SSSR count). The molecule has 0 saturated carbocycles. The van der Waals surface area contributed by atoms with E-state index in [1.165, 1.54) is 6.20 Å². The molecular weight excluding hydrogens is 380 g/mol. The second kappa shape index (κ2) is 6.80. The number of nitrogens with one attached hydrogen (secondary N) is 1. The van der Waals surface area contributed by atoms with E-state index in [-0.39, 0.29) is 5.91 Å². The number of carbonyl (C=O) groups is 1. The number of anilines is 1. The molecular formula is C21H20N8O. The van der Waals surface area contributed by atoms with E-state index in [9.17, 15) is 4.79 Å². The number of nitrogens with zero attached hydrogens (tertiary/aromatic N) is 7. The lowest BCUT2D eigenvalue weighted by molar-refractivity contribution is 0.102. The lowest BCUT2D eigenvalue weighted by Crippen LogP contribution is -2.15. The number of hydrogen-bond acceptors (Lipinski definition) is 5. The Balaban J connectivity index is 1.54. The van der Waals surface area contributed by atoms with Crippen molar-refractivity contribution in [3.05, 3.63) is 60.2 Å². The van der Waals surface area contributed by atoms with Gasteiger partial charge >= 0.3 is 0 Å². The Morgan fingerprint density at radius 2 is 2.03 bits per heavy atom. The predicted octanol–water partition coefficient (Wildman–Crippen LogP) is 3.06. The van der Waals surface area contributed by atoms with Gasteiger partial charge in [0.25, 0.3) is 5.91 Å². The van der Waals surface area contributed by atoms with Gasteiger partial charge < -0.3 is 4.57 Å². The van der Waals surface area contributed by atoms with E-state index < -0.39 is 0 Å². The predicted molar refractivity (Wildman–Crippen MR) is 113 cm³/mol. The van der Waals surface area contributed by atoms with E-state index >= 15 is 0 Å². The molecule has 0 radical (unpaired) electrons. The van der Waals surface area contributed by atoms with Gasteiger partial charge in [-0.3, -0.25) is 14.8 Å². The van der Waals surface area contributed by atoms with E-state index in [2.05, 4.69) is 25.5 Å². The molecule has 1 amide bonds. The van der Waals surface area contributed by atoms with Gasteiger partial charge in [0.15, 0.2) is 5.65 Å². The molecule has 0 bridgehead atoms. The molecule has 9 nitrogen and oxygen atoms in total. The van der Waals surface area contributed by atoms with Crippen LogP contribution in [-0.2, 0) is 13.6 Å². The van der Waals surface area contributed by atoms with Crippen LogP contribution in [0.15, 0.2) is 48.9 Å². The van der Waals surface area contributed by atoms with Gasteiger partial charge in [-0.25, -0.2) is 14.5 Å². The van der Waals surface area contributed by atoms with Gasteiger partial charge in [0.05, 0.1) is 28.6 Å². The number of benzene rings is 1. The smallest absolute Gasteiger partial charge is 0.263 e. The molecule has 0 saturated heterocycles. The molecule has 0 aliphatic heterocycles. The number of para-hydroxylation sites is 2. The summed E-state index contributed by atoms with van der Waals surface area (Å²) in [6, 6.07) is 9.60. The Hall–Kier alpha value is -4.01. The lowest BCUT2D eigenvalue weighted by atomic mass is 10.2. The first-order valence-corrected chi connectivity index (χ1v) is 9.66. The number of aryl methyl sites for hydroxylation is 3. The Kier molecular flexibility index (Phi) is 4.09. The highest BCUT2D eigenvalue weighted by Crippen LogP contribution is 2.24. The normalized spacial score (nSPS) is 11.4. The molecule has 4 heterocycles. The third-order valence-electron chi connectivity index (χ3n) is 5.20. The first-order chi connectivity index (χ1) is 14.6. The third-order valence-corrected chi connectivity index (χ3v) is 5.20. The van der Waals surface area contributed by atoms with Gasteiger partial charge in [0.2, 0.25) is 5.95 Å². The van der Waals surface area contributed by atoms with Crippen LogP contribution in [0.3, 0.4) is 0 Å². The molecule has 0 aliphatic carbocycles. The fraction of sp³-hybridized carbons (Fsp3) is 0.190. The van der Waals surface area contributed by atoms with E-state index in [0.717, 1.165) is 34.5 Å². The first-order valence-electron chi connectivity index (χ1n) is 9.66. The number of fused-ring (bicyclic) bond motifs is 2. The summed E-state index contributed by atoms with van der Waals surface area (Å²) in [6.45, 7) is 4.77. The van der Waals surface area contributed by atoms with Crippen molar-refractivity contribution in [3.8, 4) is 11.3 Å². The molecule has 5 aromatic rings. The third kappa shape index (κ3) is 2.74. The van der Waals surface area contributed by atoms with Crippen LogP contribution in [0, 0.1) is 6.92 Å². The zero-order valence-electron chi connectivity index (χ0n) is 16.9. The van der Waals surface area contributed by atoms with Gasteiger partial charge in [-0.15, -0.1) is 0 Å². The maximum atomic E-state index is 13.0. The number of carbonyl (C=O) groups excluding carboxylic acids is 1. The van der Waals surface area contributed by atoms with Crippen molar-refractivity contribution in [3.63, 3.8) is 0 Å². The van der Waals surface area contributed by atoms with E-state index in [1.54, 1.807) is 10.7 Å². The summed E-state index contributed by atoms with van der Waals surface area (Å²) in [5, 5.41) is 11.8. The SMILES string of the molecule is CCn1cc(-c2ccnc3c(C(=O)Nc4nc5ccccc5n4C)cnn23)c(C)n1. The molecule has 30 heavy (non-hydrogen) atoms.